The van der Waals surface area contributed by atoms with Crippen LogP contribution in [0.15, 0.2) is 108 Å². The monoisotopic (exact) mass is 496 g/mol. The fraction of sp³-hybridized carbons (Fsp3) is 0. The second-order valence-electron chi connectivity index (χ2n) is 8.91. The number of hydrogen-bond donors (Lipinski definition) is 3. The van der Waals surface area contributed by atoms with Crippen molar-refractivity contribution in [2.45, 2.75) is 0 Å². The van der Waals surface area contributed by atoms with Gasteiger partial charge in [0, 0.05) is 33.8 Å². The van der Waals surface area contributed by atoms with E-state index < -0.39 is 0 Å². The minimum atomic E-state index is -0.184. The molecule has 0 fully saturated rings. The van der Waals surface area contributed by atoms with Crippen molar-refractivity contribution in [1.29, 1.82) is 0 Å². The van der Waals surface area contributed by atoms with Gasteiger partial charge in [-0.2, -0.15) is 5.10 Å². The lowest BCUT2D eigenvalue weighted by Gasteiger charge is -2.08. The molecule has 182 valence electrons. The van der Waals surface area contributed by atoms with Gasteiger partial charge in [-0.3, -0.25) is 14.9 Å². The molecule has 7 rings (SSSR count). The predicted octanol–water partition coefficient (Wildman–Crippen LogP) is 6.68. The number of carbonyl (C=O) groups is 1. The van der Waals surface area contributed by atoms with Crippen LogP contribution in [0.3, 0.4) is 0 Å². The van der Waals surface area contributed by atoms with E-state index in [1.807, 2.05) is 60.7 Å². The molecule has 4 heterocycles. The van der Waals surface area contributed by atoms with Gasteiger partial charge < -0.3 is 14.7 Å². The maximum Gasteiger partial charge on any atom is 0.255 e. The van der Waals surface area contributed by atoms with E-state index >= 15 is 0 Å². The lowest BCUT2D eigenvalue weighted by molar-refractivity contribution is 0.102. The Hall–Kier alpha value is -5.50. The van der Waals surface area contributed by atoms with Crippen LogP contribution in [-0.4, -0.2) is 31.1 Å². The number of carbonyl (C=O) groups excluding carboxylic acids is 1. The lowest BCUT2D eigenvalue weighted by Crippen LogP contribution is -2.11. The smallest absolute Gasteiger partial charge is 0.255 e. The van der Waals surface area contributed by atoms with Crippen LogP contribution in [-0.2, 0) is 0 Å². The Kier molecular flexibility index (Phi) is 5.07. The first-order valence-corrected chi connectivity index (χ1v) is 12.0. The van der Waals surface area contributed by atoms with Crippen molar-refractivity contribution in [2.24, 2.45) is 0 Å². The third-order valence-corrected chi connectivity index (χ3v) is 6.50. The van der Waals surface area contributed by atoms with E-state index in [-0.39, 0.29) is 5.91 Å². The third kappa shape index (κ3) is 3.81. The maximum absolute atomic E-state index is 12.6. The highest BCUT2D eigenvalue weighted by molar-refractivity contribution is 6.04. The van der Waals surface area contributed by atoms with Crippen LogP contribution < -0.4 is 5.32 Å². The average Bonchev–Trinajstić information content (AvgIpc) is 3.73. The molecule has 0 aliphatic carbocycles. The first kappa shape index (κ1) is 21.8. The standard InChI is InChI=1S/C30H20N6O2/c37-30(18-5-2-1-3-6-18)32-22-13-21(15-31-16-22)19-9-10-25-24(14-19)28(36-35-25)29-33-26-8-4-7-23(27(26)34-29)20-11-12-38-17-20/h1-17H,(H,32,37)(H,33,34)(H,35,36). The van der Waals surface area contributed by atoms with Crippen molar-refractivity contribution in [2.75, 3.05) is 5.32 Å². The van der Waals surface area contributed by atoms with E-state index in [1.165, 1.54) is 0 Å². The quantitative estimate of drug-likeness (QED) is 0.246. The molecule has 8 nitrogen and oxygen atoms in total. The van der Waals surface area contributed by atoms with Crippen LogP contribution in [0.4, 0.5) is 5.69 Å². The number of imidazole rings is 1. The summed E-state index contributed by atoms with van der Waals surface area (Å²) in [5, 5.41) is 11.5. The van der Waals surface area contributed by atoms with Crippen molar-refractivity contribution in [1.82, 2.24) is 25.1 Å². The summed E-state index contributed by atoms with van der Waals surface area (Å²) in [6, 6.07) is 25.0. The number of H-pyrrole nitrogens is 2. The van der Waals surface area contributed by atoms with Gasteiger partial charge in [-0.15, -0.1) is 0 Å². The second kappa shape index (κ2) is 8.86. The lowest BCUT2D eigenvalue weighted by atomic mass is 10.0. The largest absolute Gasteiger partial charge is 0.472 e. The average molecular weight is 497 g/mol. The Morgan fingerprint density at radius 1 is 0.842 bits per heavy atom. The highest BCUT2D eigenvalue weighted by atomic mass is 16.3. The number of nitrogens with zero attached hydrogens (tertiary/aromatic N) is 3. The van der Waals surface area contributed by atoms with Crippen molar-refractivity contribution >= 4 is 33.5 Å². The minimum Gasteiger partial charge on any atom is -0.472 e. The van der Waals surface area contributed by atoms with E-state index in [4.69, 9.17) is 9.40 Å². The van der Waals surface area contributed by atoms with Gasteiger partial charge in [-0.05, 0) is 48.0 Å². The van der Waals surface area contributed by atoms with Gasteiger partial charge >= 0.3 is 0 Å². The zero-order valence-electron chi connectivity index (χ0n) is 20.0. The summed E-state index contributed by atoms with van der Waals surface area (Å²) in [5.41, 5.74) is 8.35. The van der Waals surface area contributed by atoms with Crippen molar-refractivity contribution in [3.63, 3.8) is 0 Å². The summed E-state index contributed by atoms with van der Waals surface area (Å²) in [7, 11) is 0. The van der Waals surface area contributed by atoms with Gasteiger partial charge in [0.15, 0.2) is 5.82 Å². The Morgan fingerprint density at radius 3 is 2.63 bits per heavy atom. The second-order valence-corrected chi connectivity index (χ2v) is 8.91. The Balaban J connectivity index is 1.25. The highest BCUT2D eigenvalue weighted by Gasteiger charge is 2.16. The molecular weight excluding hydrogens is 476 g/mol. The van der Waals surface area contributed by atoms with Crippen molar-refractivity contribution < 1.29 is 9.21 Å². The SMILES string of the molecule is O=C(Nc1cncc(-c2ccc3[nH]nc(-c4nc5c(-c6ccoc6)cccc5[nH]4)c3c2)c1)c1ccccc1. The zero-order valence-corrected chi connectivity index (χ0v) is 20.0. The van der Waals surface area contributed by atoms with Crippen molar-refractivity contribution in [3.8, 4) is 33.8 Å². The fourth-order valence-electron chi connectivity index (χ4n) is 4.63. The Bertz CT molecular complexity index is 1920. The number of furan rings is 1. The summed E-state index contributed by atoms with van der Waals surface area (Å²) in [6.45, 7) is 0. The molecule has 0 radical (unpaired) electrons. The molecule has 38 heavy (non-hydrogen) atoms. The summed E-state index contributed by atoms with van der Waals surface area (Å²) >= 11 is 0. The number of nitrogens with one attached hydrogen (secondary N) is 3. The zero-order chi connectivity index (χ0) is 25.5. The minimum absolute atomic E-state index is 0.184. The van der Waals surface area contributed by atoms with Crippen LogP contribution in [0.25, 0.3) is 55.7 Å². The summed E-state index contributed by atoms with van der Waals surface area (Å²) < 4.78 is 5.28. The summed E-state index contributed by atoms with van der Waals surface area (Å²) in [4.78, 5) is 25.3. The van der Waals surface area contributed by atoms with Gasteiger partial charge in [0.1, 0.15) is 5.69 Å². The number of rotatable bonds is 5. The fourth-order valence-corrected chi connectivity index (χ4v) is 4.63. The molecule has 0 saturated carbocycles. The normalized spacial score (nSPS) is 11.3. The number of para-hydroxylation sites is 1. The van der Waals surface area contributed by atoms with Crippen LogP contribution in [0, 0.1) is 0 Å². The number of hydrogen-bond acceptors (Lipinski definition) is 5. The number of fused-ring (bicyclic) bond motifs is 2. The Morgan fingerprint density at radius 2 is 1.76 bits per heavy atom. The molecule has 0 bridgehead atoms. The summed E-state index contributed by atoms with van der Waals surface area (Å²) in [6.07, 6.45) is 6.78. The molecule has 3 aromatic carbocycles. The molecule has 0 aliphatic heterocycles. The molecule has 0 aliphatic rings. The third-order valence-electron chi connectivity index (χ3n) is 6.50. The molecule has 7 aromatic rings. The van der Waals surface area contributed by atoms with Gasteiger partial charge in [0.25, 0.3) is 5.91 Å². The molecule has 1 amide bonds. The van der Waals surface area contributed by atoms with E-state index in [9.17, 15) is 4.79 Å². The first-order chi connectivity index (χ1) is 18.7. The molecular formula is C30H20N6O2. The predicted molar refractivity (Wildman–Crippen MR) is 147 cm³/mol. The number of anilines is 1. The number of benzene rings is 3. The molecule has 4 aromatic heterocycles. The molecule has 0 saturated heterocycles. The van der Waals surface area contributed by atoms with Crippen LogP contribution >= 0.6 is 0 Å². The van der Waals surface area contributed by atoms with Gasteiger partial charge in [0.2, 0.25) is 0 Å². The van der Waals surface area contributed by atoms with E-state index in [2.05, 4.69) is 31.5 Å². The molecule has 0 unspecified atom stereocenters. The van der Waals surface area contributed by atoms with Crippen molar-refractivity contribution in [3.05, 3.63) is 109 Å². The number of amides is 1. The molecule has 8 heteroatoms. The van der Waals surface area contributed by atoms with Crippen LogP contribution in [0.2, 0.25) is 0 Å². The van der Waals surface area contributed by atoms with Crippen LogP contribution in [0.5, 0.6) is 0 Å². The van der Waals surface area contributed by atoms with Gasteiger partial charge in [0.05, 0.1) is 41.0 Å². The number of pyridine rings is 1. The topological polar surface area (TPSA) is 112 Å². The summed E-state index contributed by atoms with van der Waals surface area (Å²) in [5.74, 6) is 0.484. The molecule has 3 N–H and O–H groups in total. The van der Waals surface area contributed by atoms with Crippen LogP contribution in [0.1, 0.15) is 10.4 Å². The van der Waals surface area contributed by atoms with E-state index in [1.54, 1.807) is 37.1 Å². The molecule has 0 atom stereocenters. The van der Waals surface area contributed by atoms with E-state index in [0.29, 0.717) is 17.1 Å². The number of aromatic nitrogens is 5. The highest BCUT2D eigenvalue weighted by Crippen LogP contribution is 2.33. The Labute approximate surface area is 216 Å². The van der Waals surface area contributed by atoms with E-state index in [0.717, 1.165) is 49.9 Å². The first-order valence-electron chi connectivity index (χ1n) is 12.0. The van der Waals surface area contributed by atoms with Gasteiger partial charge in [-0.1, -0.05) is 36.4 Å². The van der Waals surface area contributed by atoms with Gasteiger partial charge in [-0.25, -0.2) is 4.98 Å². The molecule has 0 spiro atoms. The number of aromatic amines is 2. The maximum atomic E-state index is 12.6.